The van der Waals surface area contributed by atoms with E-state index in [1.54, 1.807) is 18.5 Å². The predicted octanol–water partition coefficient (Wildman–Crippen LogP) is 0.639. The van der Waals surface area contributed by atoms with E-state index in [-0.39, 0.29) is 0 Å². The molecule has 72 valence electrons. The highest BCUT2D eigenvalue weighted by molar-refractivity contribution is 4.92. The number of hydrogen-bond donors (Lipinski definition) is 2. The summed E-state index contributed by atoms with van der Waals surface area (Å²) in [5.74, 6) is 0.500. The molecule has 1 aromatic rings. The van der Waals surface area contributed by atoms with Crippen molar-refractivity contribution in [2.45, 2.75) is 25.4 Å². The number of rotatable bonds is 5. The molecule has 0 fully saturated rings. The molecule has 0 aromatic carbocycles. The summed E-state index contributed by atoms with van der Waals surface area (Å²) in [6.45, 7) is 0.669. The Morgan fingerprint density at radius 1 is 1.31 bits per heavy atom. The number of aromatic nitrogens is 2. The molecule has 1 unspecified atom stereocenters. The van der Waals surface area contributed by atoms with Gasteiger partial charge >= 0.3 is 0 Å². The summed E-state index contributed by atoms with van der Waals surface area (Å²) in [6, 6.07) is 1.73. The normalized spacial score (nSPS) is 12.8. The number of nitrogens with two attached hydrogens (primary N) is 1. The summed E-state index contributed by atoms with van der Waals surface area (Å²) < 4.78 is 0. The minimum atomic E-state index is -0.548. The van der Waals surface area contributed by atoms with E-state index in [9.17, 15) is 5.11 Å². The van der Waals surface area contributed by atoms with Crippen molar-refractivity contribution >= 4 is 0 Å². The van der Waals surface area contributed by atoms with E-state index in [4.69, 9.17) is 5.73 Å². The predicted molar refractivity (Wildman–Crippen MR) is 49.9 cm³/mol. The van der Waals surface area contributed by atoms with Gasteiger partial charge in [0.2, 0.25) is 0 Å². The molecule has 1 aromatic heterocycles. The van der Waals surface area contributed by atoms with Crippen molar-refractivity contribution in [2.75, 3.05) is 6.54 Å². The standard InChI is InChI=1S/C9H15N3O/c10-5-2-1-4-8(13)9-11-6-3-7-12-9/h3,6-8,13H,1-2,4-5,10H2. The SMILES string of the molecule is NCCCCC(O)c1ncccn1. The fourth-order valence-electron chi connectivity index (χ4n) is 1.09. The maximum Gasteiger partial charge on any atom is 0.156 e. The van der Waals surface area contributed by atoms with E-state index in [0.717, 1.165) is 12.8 Å². The molecule has 3 N–H and O–H groups in total. The third kappa shape index (κ3) is 3.48. The topological polar surface area (TPSA) is 72.0 Å². The quantitative estimate of drug-likeness (QED) is 0.654. The zero-order chi connectivity index (χ0) is 9.52. The third-order valence-electron chi connectivity index (χ3n) is 1.82. The van der Waals surface area contributed by atoms with E-state index in [0.29, 0.717) is 18.8 Å². The van der Waals surface area contributed by atoms with Crippen LogP contribution in [0.15, 0.2) is 18.5 Å². The number of unbranched alkanes of at least 4 members (excludes halogenated alkanes) is 1. The van der Waals surface area contributed by atoms with Crippen molar-refractivity contribution in [3.05, 3.63) is 24.3 Å². The third-order valence-corrected chi connectivity index (χ3v) is 1.82. The molecule has 0 aliphatic rings. The molecule has 13 heavy (non-hydrogen) atoms. The van der Waals surface area contributed by atoms with Crippen molar-refractivity contribution in [3.8, 4) is 0 Å². The minimum Gasteiger partial charge on any atom is -0.385 e. The highest BCUT2D eigenvalue weighted by Gasteiger charge is 2.08. The van der Waals surface area contributed by atoms with Crippen LogP contribution in [0.4, 0.5) is 0 Å². The van der Waals surface area contributed by atoms with Crippen LogP contribution in [0.3, 0.4) is 0 Å². The lowest BCUT2D eigenvalue weighted by atomic mass is 10.1. The van der Waals surface area contributed by atoms with Crippen LogP contribution in [-0.2, 0) is 0 Å². The highest BCUT2D eigenvalue weighted by atomic mass is 16.3. The largest absolute Gasteiger partial charge is 0.385 e. The summed E-state index contributed by atoms with van der Waals surface area (Å²) >= 11 is 0. The van der Waals surface area contributed by atoms with Crippen molar-refractivity contribution in [2.24, 2.45) is 5.73 Å². The van der Waals surface area contributed by atoms with Crippen LogP contribution >= 0.6 is 0 Å². The number of aliphatic hydroxyl groups excluding tert-OH is 1. The van der Waals surface area contributed by atoms with Crippen LogP contribution in [0.2, 0.25) is 0 Å². The van der Waals surface area contributed by atoms with Gasteiger partial charge < -0.3 is 10.8 Å². The summed E-state index contributed by atoms with van der Waals surface area (Å²) in [5, 5.41) is 9.58. The Balaban J connectivity index is 2.35. The van der Waals surface area contributed by atoms with Gasteiger partial charge in [-0.1, -0.05) is 0 Å². The van der Waals surface area contributed by atoms with Gasteiger partial charge in [-0.3, -0.25) is 0 Å². The molecular formula is C9H15N3O. The van der Waals surface area contributed by atoms with Gasteiger partial charge in [-0.05, 0) is 31.9 Å². The van der Waals surface area contributed by atoms with Gasteiger partial charge in [-0.25, -0.2) is 9.97 Å². The van der Waals surface area contributed by atoms with E-state index in [1.807, 2.05) is 0 Å². The molecule has 0 aliphatic heterocycles. The van der Waals surface area contributed by atoms with Crippen LogP contribution in [0.5, 0.6) is 0 Å². The zero-order valence-corrected chi connectivity index (χ0v) is 7.56. The Morgan fingerprint density at radius 2 is 2.00 bits per heavy atom. The average Bonchev–Trinajstić information content (AvgIpc) is 2.19. The molecule has 0 amide bonds. The Labute approximate surface area is 77.8 Å². The molecule has 0 spiro atoms. The van der Waals surface area contributed by atoms with Crippen LogP contribution in [0, 0.1) is 0 Å². The van der Waals surface area contributed by atoms with Crippen molar-refractivity contribution < 1.29 is 5.11 Å². The van der Waals surface area contributed by atoms with Crippen LogP contribution < -0.4 is 5.73 Å². The van der Waals surface area contributed by atoms with Gasteiger partial charge in [-0.15, -0.1) is 0 Å². The average molecular weight is 181 g/mol. The number of nitrogens with zero attached hydrogens (tertiary/aromatic N) is 2. The van der Waals surface area contributed by atoms with Crippen LogP contribution in [-0.4, -0.2) is 21.6 Å². The van der Waals surface area contributed by atoms with Gasteiger partial charge in [0, 0.05) is 12.4 Å². The van der Waals surface area contributed by atoms with Crippen molar-refractivity contribution in [3.63, 3.8) is 0 Å². The van der Waals surface area contributed by atoms with E-state index < -0.39 is 6.10 Å². The summed E-state index contributed by atoms with van der Waals surface area (Å²) in [4.78, 5) is 7.93. The van der Waals surface area contributed by atoms with Gasteiger partial charge in [0.15, 0.2) is 5.82 Å². The first-order valence-electron chi connectivity index (χ1n) is 4.49. The second kappa shape index (κ2) is 5.61. The molecule has 1 atom stereocenters. The van der Waals surface area contributed by atoms with E-state index in [2.05, 4.69) is 9.97 Å². The number of aliphatic hydroxyl groups is 1. The monoisotopic (exact) mass is 181 g/mol. The lowest BCUT2D eigenvalue weighted by molar-refractivity contribution is 0.154. The fraction of sp³-hybridized carbons (Fsp3) is 0.556. The number of hydrogen-bond acceptors (Lipinski definition) is 4. The molecule has 1 heterocycles. The molecule has 0 radical (unpaired) electrons. The highest BCUT2D eigenvalue weighted by Crippen LogP contribution is 2.13. The second-order valence-corrected chi connectivity index (χ2v) is 2.91. The molecule has 0 aliphatic carbocycles. The Kier molecular flexibility index (Phi) is 4.35. The minimum absolute atomic E-state index is 0.500. The lowest BCUT2D eigenvalue weighted by Gasteiger charge is -2.07. The zero-order valence-electron chi connectivity index (χ0n) is 7.56. The maximum atomic E-state index is 9.58. The fourth-order valence-corrected chi connectivity index (χ4v) is 1.09. The first-order chi connectivity index (χ1) is 6.34. The van der Waals surface area contributed by atoms with E-state index in [1.165, 1.54) is 0 Å². The van der Waals surface area contributed by atoms with E-state index >= 15 is 0 Å². The van der Waals surface area contributed by atoms with Gasteiger partial charge in [-0.2, -0.15) is 0 Å². The van der Waals surface area contributed by atoms with Gasteiger partial charge in [0.05, 0.1) is 0 Å². The molecule has 4 nitrogen and oxygen atoms in total. The van der Waals surface area contributed by atoms with Gasteiger partial charge in [0.1, 0.15) is 6.10 Å². The molecule has 4 heteroatoms. The van der Waals surface area contributed by atoms with Gasteiger partial charge in [0.25, 0.3) is 0 Å². The Bertz CT molecular complexity index is 228. The first kappa shape index (κ1) is 10.1. The van der Waals surface area contributed by atoms with Crippen molar-refractivity contribution in [1.82, 2.24) is 9.97 Å². The molecular weight excluding hydrogens is 166 g/mol. The summed E-state index contributed by atoms with van der Waals surface area (Å²) in [7, 11) is 0. The lowest BCUT2D eigenvalue weighted by Crippen LogP contribution is -2.04. The second-order valence-electron chi connectivity index (χ2n) is 2.91. The Hall–Kier alpha value is -1.00. The molecule has 1 rings (SSSR count). The van der Waals surface area contributed by atoms with Crippen LogP contribution in [0.1, 0.15) is 31.2 Å². The van der Waals surface area contributed by atoms with Crippen molar-refractivity contribution in [1.29, 1.82) is 0 Å². The smallest absolute Gasteiger partial charge is 0.156 e. The van der Waals surface area contributed by atoms with Crippen LogP contribution in [0.25, 0.3) is 0 Å². The summed E-state index contributed by atoms with van der Waals surface area (Å²) in [5.41, 5.74) is 5.34. The summed E-state index contributed by atoms with van der Waals surface area (Å²) in [6.07, 6.45) is 5.25. The molecule has 0 bridgehead atoms. The first-order valence-corrected chi connectivity index (χ1v) is 4.49. The Morgan fingerprint density at radius 3 is 2.62 bits per heavy atom. The maximum absolute atomic E-state index is 9.58. The molecule has 0 saturated carbocycles. The molecule has 0 saturated heterocycles.